The normalized spacial score (nSPS) is 23.3. The van der Waals surface area contributed by atoms with E-state index in [4.69, 9.17) is 5.11 Å². The van der Waals surface area contributed by atoms with Gasteiger partial charge in [0.2, 0.25) is 5.91 Å². The second kappa shape index (κ2) is 3.72. The van der Waals surface area contributed by atoms with Crippen molar-refractivity contribution in [2.24, 2.45) is 5.92 Å². The van der Waals surface area contributed by atoms with Crippen LogP contribution in [0.3, 0.4) is 0 Å². The third-order valence-electron chi connectivity index (χ3n) is 2.01. The lowest BCUT2D eigenvalue weighted by molar-refractivity contribution is -0.127. The third-order valence-corrected chi connectivity index (χ3v) is 2.01. The number of nitrogens with zero attached hydrogens (tertiary/aromatic N) is 1. The molecule has 1 unspecified atom stereocenters. The molecule has 1 fully saturated rings. The number of carbonyl (C=O) groups excluding carboxylic acids is 1. The molecule has 0 saturated carbocycles. The predicted octanol–water partition coefficient (Wildman–Crippen LogP) is 0.403. The molecule has 3 nitrogen and oxygen atoms in total. The predicted molar refractivity (Wildman–Crippen MR) is 46.6 cm³/mol. The minimum absolute atomic E-state index is 0.110. The van der Waals surface area contributed by atoms with Gasteiger partial charge in [0, 0.05) is 32.0 Å². The van der Waals surface area contributed by atoms with Gasteiger partial charge in [-0.25, -0.2) is 0 Å². The van der Waals surface area contributed by atoms with Gasteiger partial charge in [0.05, 0.1) is 0 Å². The molecule has 0 aliphatic carbocycles. The Balaban J connectivity index is 2.46. The van der Waals surface area contributed by atoms with Crippen LogP contribution < -0.4 is 0 Å². The van der Waals surface area contributed by atoms with Crippen molar-refractivity contribution in [2.45, 2.75) is 13.3 Å². The Hall–Kier alpha value is -0.830. The molecular formula is C9H15NO2. The number of aliphatic hydroxyl groups excluding tert-OH is 1. The third kappa shape index (κ3) is 2.08. The first-order valence-corrected chi connectivity index (χ1v) is 4.16. The van der Waals surface area contributed by atoms with E-state index in [1.54, 1.807) is 4.90 Å². The van der Waals surface area contributed by atoms with E-state index in [1.165, 1.54) is 0 Å². The van der Waals surface area contributed by atoms with Crippen molar-refractivity contribution in [1.29, 1.82) is 0 Å². The summed E-state index contributed by atoms with van der Waals surface area (Å²) in [5, 5.41) is 8.83. The first-order valence-electron chi connectivity index (χ1n) is 4.16. The number of carbonyl (C=O) groups is 1. The smallest absolute Gasteiger partial charge is 0.223 e. The molecule has 0 radical (unpaired) electrons. The lowest BCUT2D eigenvalue weighted by Crippen LogP contribution is -2.27. The molecule has 0 aromatic heterocycles. The van der Waals surface area contributed by atoms with Crippen molar-refractivity contribution in [1.82, 2.24) is 4.90 Å². The number of amides is 1. The van der Waals surface area contributed by atoms with E-state index in [1.807, 2.05) is 6.92 Å². The number of rotatable bonds is 3. The summed E-state index contributed by atoms with van der Waals surface area (Å²) in [5.74, 6) is 0.272. The fourth-order valence-electron chi connectivity index (χ4n) is 1.45. The average molecular weight is 169 g/mol. The fourth-order valence-corrected chi connectivity index (χ4v) is 1.45. The van der Waals surface area contributed by atoms with Crippen molar-refractivity contribution < 1.29 is 9.90 Å². The SMILES string of the molecule is C=C(C)CN1CC(CO)CC1=O. The first-order chi connectivity index (χ1) is 5.63. The maximum absolute atomic E-state index is 11.3. The standard InChI is InChI=1S/C9H15NO2/c1-7(2)4-10-5-8(6-11)3-9(10)12/h8,11H,1,3-6H2,2H3. The number of likely N-dealkylation sites (tertiary alicyclic amines) is 1. The maximum Gasteiger partial charge on any atom is 0.223 e. The van der Waals surface area contributed by atoms with Crippen molar-refractivity contribution in [3.63, 3.8) is 0 Å². The molecule has 1 aliphatic rings. The van der Waals surface area contributed by atoms with Crippen molar-refractivity contribution in [3.05, 3.63) is 12.2 Å². The first kappa shape index (κ1) is 9.26. The summed E-state index contributed by atoms with van der Waals surface area (Å²) in [6.07, 6.45) is 0.490. The van der Waals surface area contributed by atoms with Crippen LogP contribution >= 0.6 is 0 Å². The zero-order valence-corrected chi connectivity index (χ0v) is 7.42. The van der Waals surface area contributed by atoms with Gasteiger partial charge in [-0.05, 0) is 6.92 Å². The van der Waals surface area contributed by atoms with Crippen LogP contribution in [0.2, 0.25) is 0 Å². The second-order valence-electron chi connectivity index (χ2n) is 3.48. The fraction of sp³-hybridized carbons (Fsp3) is 0.667. The highest BCUT2D eigenvalue weighted by molar-refractivity contribution is 5.78. The van der Waals surface area contributed by atoms with Gasteiger partial charge in [0.25, 0.3) is 0 Å². The summed E-state index contributed by atoms with van der Waals surface area (Å²) in [6.45, 7) is 7.08. The van der Waals surface area contributed by atoms with E-state index in [9.17, 15) is 4.79 Å². The van der Waals surface area contributed by atoms with Crippen LogP contribution in [0.5, 0.6) is 0 Å². The molecule has 0 aromatic carbocycles. The molecule has 0 bridgehead atoms. The van der Waals surface area contributed by atoms with Crippen LogP contribution in [-0.2, 0) is 4.79 Å². The zero-order chi connectivity index (χ0) is 9.14. The van der Waals surface area contributed by atoms with Crippen LogP contribution in [0.1, 0.15) is 13.3 Å². The monoisotopic (exact) mass is 169 g/mol. The molecule has 1 N–H and O–H groups in total. The quantitative estimate of drug-likeness (QED) is 0.621. The second-order valence-corrected chi connectivity index (χ2v) is 3.48. The number of hydrogen-bond donors (Lipinski definition) is 1. The summed E-state index contributed by atoms with van der Waals surface area (Å²) in [5.41, 5.74) is 0.988. The molecule has 1 atom stereocenters. The molecule has 0 aromatic rings. The Morgan fingerprint density at radius 3 is 2.92 bits per heavy atom. The van der Waals surface area contributed by atoms with Gasteiger partial charge >= 0.3 is 0 Å². The van der Waals surface area contributed by atoms with E-state index >= 15 is 0 Å². The lowest BCUT2D eigenvalue weighted by atomic mass is 10.1. The van der Waals surface area contributed by atoms with Crippen molar-refractivity contribution in [2.75, 3.05) is 19.7 Å². The Bertz CT molecular complexity index is 201. The zero-order valence-electron chi connectivity index (χ0n) is 7.42. The highest BCUT2D eigenvalue weighted by Crippen LogP contribution is 2.17. The van der Waals surface area contributed by atoms with Gasteiger partial charge in [0.1, 0.15) is 0 Å². The van der Waals surface area contributed by atoms with Gasteiger partial charge < -0.3 is 10.0 Å². The summed E-state index contributed by atoms with van der Waals surface area (Å²) in [6, 6.07) is 0. The topological polar surface area (TPSA) is 40.5 Å². The number of hydrogen-bond acceptors (Lipinski definition) is 2. The molecule has 3 heteroatoms. The molecule has 0 spiro atoms. The van der Waals surface area contributed by atoms with Crippen LogP contribution in [0, 0.1) is 5.92 Å². The average Bonchev–Trinajstić information content (AvgIpc) is 2.31. The lowest BCUT2D eigenvalue weighted by Gasteiger charge is -2.15. The largest absolute Gasteiger partial charge is 0.396 e. The van der Waals surface area contributed by atoms with Gasteiger partial charge in [-0.1, -0.05) is 12.2 Å². The van der Waals surface area contributed by atoms with E-state index < -0.39 is 0 Å². The highest BCUT2D eigenvalue weighted by Gasteiger charge is 2.28. The molecular weight excluding hydrogens is 154 g/mol. The Kier molecular flexibility index (Phi) is 2.87. The van der Waals surface area contributed by atoms with Crippen LogP contribution in [-0.4, -0.2) is 35.6 Å². The van der Waals surface area contributed by atoms with E-state index in [-0.39, 0.29) is 18.4 Å². The van der Waals surface area contributed by atoms with Crippen LogP contribution in [0.15, 0.2) is 12.2 Å². The molecule has 12 heavy (non-hydrogen) atoms. The van der Waals surface area contributed by atoms with Crippen LogP contribution in [0.4, 0.5) is 0 Å². The van der Waals surface area contributed by atoms with Crippen molar-refractivity contribution >= 4 is 5.91 Å². The Morgan fingerprint density at radius 1 is 1.83 bits per heavy atom. The molecule has 1 heterocycles. The molecule has 68 valence electrons. The Labute approximate surface area is 72.7 Å². The van der Waals surface area contributed by atoms with E-state index in [0.29, 0.717) is 19.5 Å². The van der Waals surface area contributed by atoms with Crippen LogP contribution in [0.25, 0.3) is 0 Å². The van der Waals surface area contributed by atoms with Gasteiger partial charge in [-0.2, -0.15) is 0 Å². The Morgan fingerprint density at radius 2 is 2.50 bits per heavy atom. The molecule has 1 aliphatic heterocycles. The maximum atomic E-state index is 11.3. The summed E-state index contributed by atoms with van der Waals surface area (Å²) < 4.78 is 0. The van der Waals surface area contributed by atoms with Gasteiger partial charge in [-0.3, -0.25) is 4.79 Å². The molecule has 1 amide bonds. The summed E-state index contributed by atoms with van der Waals surface area (Å²) in [7, 11) is 0. The number of aliphatic hydroxyl groups is 1. The summed E-state index contributed by atoms with van der Waals surface area (Å²) in [4.78, 5) is 13.0. The molecule has 1 saturated heterocycles. The minimum atomic E-state index is 0.110. The van der Waals surface area contributed by atoms with E-state index in [0.717, 1.165) is 5.57 Å². The van der Waals surface area contributed by atoms with Gasteiger partial charge in [0.15, 0.2) is 0 Å². The molecule has 1 rings (SSSR count). The van der Waals surface area contributed by atoms with Crippen molar-refractivity contribution in [3.8, 4) is 0 Å². The minimum Gasteiger partial charge on any atom is -0.396 e. The summed E-state index contributed by atoms with van der Waals surface area (Å²) >= 11 is 0. The van der Waals surface area contributed by atoms with E-state index in [2.05, 4.69) is 6.58 Å². The van der Waals surface area contributed by atoms with Gasteiger partial charge in [-0.15, -0.1) is 0 Å². The highest BCUT2D eigenvalue weighted by atomic mass is 16.3.